The second-order valence-electron chi connectivity index (χ2n) is 6.12. The fourth-order valence-electron chi connectivity index (χ4n) is 2.16. The van der Waals surface area contributed by atoms with Gasteiger partial charge in [-0.3, -0.25) is 4.90 Å². The number of unbranched alkanes of at least 4 members (excludes halogenated alkanes) is 1. The number of rotatable bonds is 4. The van der Waals surface area contributed by atoms with Gasteiger partial charge in [-0.2, -0.15) is 0 Å². The first-order valence-electron chi connectivity index (χ1n) is 7.18. The number of carbonyl (C=O) groups excluding carboxylic acids is 1. The molecule has 1 saturated heterocycles. The fraction of sp³-hybridized carbons (Fsp3) is 0.929. The van der Waals surface area contributed by atoms with Crippen LogP contribution in [-0.2, 0) is 9.47 Å². The lowest BCUT2D eigenvalue weighted by molar-refractivity contribution is -0.0386. The van der Waals surface area contributed by atoms with Gasteiger partial charge in [0.1, 0.15) is 5.60 Å². The summed E-state index contributed by atoms with van der Waals surface area (Å²) in [6, 6.07) is -0.122. The highest BCUT2D eigenvalue weighted by atomic mass is 16.6. The lowest BCUT2D eigenvalue weighted by atomic mass is 10.0. The number of ether oxygens (including phenoxy) is 2. The van der Waals surface area contributed by atoms with E-state index in [2.05, 4.69) is 6.92 Å². The molecule has 1 heterocycles. The molecule has 0 aromatic carbocycles. The number of carbonyl (C=O) groups is 1. The Balaban J connectivity index is 2.63. The van der Waals surface area contributed by atoms with Crippen LogP contribution in [-0.4, -0.2) is 48.4 Å². The van der Waals surface area contributed by atoms with Crippen molar-refractivity contribution in [2.75, 3.05) is 19.8 Å². The van der Waals surface area contributed by atoms with Crippen molar-refractivity contribution in [1.29, 1.82) is 0 Å². The summed E-state index contributed by atoms with van der Waals surface area (Å²) in [4.78, 5) is 13.9. The standard InChI is InChI=1S/C14H28N2O3/c1-5-6-7-11(15)12-10-18-9-8-16(12)13(17)19-14(2,3)4/h11-12H,5-10,15H2,1-4H3. The molecule has 0 aromatic heterocycles. The molecule has 0 aromatic rings. The molecule has 0 aliphatic carbocycles. The zero-order valence-corrected chi connectivity index (χ0v) is 12.6. The molecule has 0 spiro atoms. The predicted octanol–water partition coefficient (Wildman–Crippen LogP) is 2.14. The highest BCUT2D eigenvalue weighted by Gasteiger charge is 2.34. The summed E-state index contributed by atoms with van der Waals surface area (Å²) in [5, 5.41) is 0. The minimum atomic E-state index is -0.479. The maximum absolute atomic E-state index is 12.2. The van der Waals surface area contributed by atoms with Crippen LogP contribution in [0.4, 0.5) is 4.79 Å². The summed E-state index contributed by atoms with van der Waals surface area (Å²) < 4.78 is 10.9. The molecule has 5 heteroatoms. The van der Waals surface area contributed by atoms with E-state index in [-0.39, 0.29) is 18.2 Å². The summed E-state index contributed by atoms with van der Waals surface area (Å²) in [6.45, 7) is 9.36. The molecular weight excluding hydrogens is 244 g/mol. The molecule has 2 unspecified atom stereocenters. The summed E-state index contributed by atoms with van der Waals surface area (Å²) in [5.74, 6) is 0. The maximum Gasteiger partial charge on any atom is 0.410 e. The van der Waals surface area contributed by atoms with Gasteiger partial charge in [-0.05, 0) is 27.2 Å². The third-order valence-corrected chi connectivity index (χ3v) is 3.18. The number of amides is 1. The minimum absolute atomic E-state index is 0.0484. The monoisotopic (exact) mass is 272 g/mol. The Bertz CT molecular complexity index is 289. The number of nitrogens with two attached hydrogens (primary N) is 1. The van der Waals surface area contributed by atoms with E-state index in [4.69, 9.17) is 15.2 Å². The average molecular weight is 272 g/mol. The van der Waals surface area contributed by atoms with Crippen molar-refractivity contribution in [3.8, 4) is 0 Å². The second-order valence-corrected chi connectivity index (χ2v) is 6.12. The highest BCUT2D eigenvalue weighted by Crippen LogP contribution is 2.18. The third-order valence-electron chi connectivity index (χ3n) is 3.18. The Labute approximate surface area is 116 Å². The predicted molar refractivity (Wildman–Crippen MR) is 75.0 cm³/mol. The molecule has 1 amide bonds. The van der Waals surface area contributed by atoms with Gasteiger partial charge in [0.05, 0.1) is 19.3 Å². The molecule has 1 rings (SSSR count). The second kappa shape index (κ2) is 7.10. The van der Waals surface area contributed by atoms with Crippen molar-refractivity contribution in [3.63, 3.8) is 0 Å². The zero-order valence-electron chi connectivity index (χ0n) is 12.6. The van der Waals surface area contributed by atoms with Gasteiger partial charge in [-0.25, -0.2) is 4.79 Å². The van der Waals surface area contributed by atoms with E-state index >= 15 is 0 Å². The highest BCUT2D eigenvalue weighted by molar-refractivity contribution is 5.68. The van der Waals surface area contributed by atoms with E-state index in [0.717, 1.165) is 19.3 Å². The summed E-state index contributed by atoms with van der Waals surface area (Å²) in [6.07, 6.45) is 2.80. The molecule has 2 atom stereocenters. The van der Waals surface area contributed by atoms with Crippen molar-refractivity contribution < 1.29 is 14.3 Å². The van der Waals surface area contributed by atoms with Crippen molar-refractivity contribution in [1.82, 2.24) is 4.90 Å². The van der Waals surface area contributed by atoms with Crippen molar-refractivity contribution in [3.05, 3.63) is 0 Å². The average Bonchev–Trinajstić information content (AvgIpc) is 2.34. The van der Waals surface area contributed by atoms with Gasteiger partial charge in [0.25, 0.3) is 0 Å². The summed E-state index contributed by atoms with van der Waals surface area (Å²) >= 11 is 0. The van der Waals surface area contributed by atoms with E-state index in [1.807, 2.05) is 20.8 Å². The van der Waals surface area contributed by atoms with Crippen LogP contribution in [0.2, 0.25) is 0 Å². The van der Waals surface area contributed by atoms with E-state index in [1.54, 1.807) is 4.90 Å². The SMILES string of the molecule is CCCCC(N)C1COCCN1C(=O)OC(C)(C)C. The van der Waals surface area contributed by atoms with Gasteiger partial charge in [0.15, 0.2) is 0 Å². The van der Waals surface area contributed by atoms with Crippen molar-refractivity contribution in [2.24, 2.45) is 5.73 Å². The van der Waals surface area contributed by atoms with Crippen LogP contribution in [0.5, 0.6) is 0 Å². The van der Waals surface area contributed by atoms with Crippen LogP contribution in [0.3, 0.4) is 0 Å². The first-order chi connectivity index (χ1) is 8.85. The molecule has 1 aliphatic rings. The van der Waals surface area contributed by atoms with Crippen molar-refractivity contribution in [2.45, 2.75) is 64.6 Å². The number of hydrogen-bond acceptors (Lipinski definition) is 4. The largest absolute Gasteiger partial charge is 0.444 e. The maximum atomic E-state index is 12.2. The van der Waals surface area contributed by atoms with Gasteiger partial charge >= 0.3 is 6.09 Å². The molecule has 19 heavy (non-hydrogen) atoms. The Morgan fingerprint density at radius 1 is 1.53 bits per heavy atom. The molecule has 112 valence electrons. The van der Waals surface area contributed by atoms with Gasteiger partial charge in [0.2, 0.25) is 0 Å². The zero-order chi connectivity index (χ0) is 14.5. The first kappa shape index (κ1) is 16.2. The smallest absolute Gasteiger partial charge is 0.410 e. The normalized spacial score (nSPS) is 22.2. The van der Waals surface area contributed by atoms with Gasteiger partial charge in [-0.15, -0.1) is 0 Å². The van der Waals surface area contributed by atoms with E-state index < -0.39 is 5.60 Å². The topological polar surface area (TPSA) is 64.8 Å². The van der Waals surface area contributed by atoms with E-state index in [0.29, 0.717) is 19.8 Å². The van der Waals surface area contributed by atoms with Crippen LogP contribution >= 0.6 is 0 Å². The minimum Gasteiger partial charge on any atom is -0.444 e. The number of nitrogens with zero attached hydrogens (tertiary/aromatic N) is 1. The van der Waals surface area contributed by atoms with Crippen molar-refractivity contribution >= 4 is 6.09 Å². The molecule has 5 nitrogen and oxygen atoms in total. The Kier molecular flexibility index (Phi) is 6.07. The number of hydrogen-bond donors (Lipinski definition) is 1. The van der Waals surface area contributed by atoms with Crippen LogP contribution in [0.25, 0.3) is 0 Å². The van der Waals surface area contributed by atoms with Gasteiger partial charge in [-0.1, -0.05) is 19.8 Å². The molecule has 2 N–H and O–H groups in total. The van der Waals surface area contributed by atoms with Gasteiger partial charge < -0.3 is 15.2 Å². The van der Waals surface area contributed by atoms with Crippen LogP contribution in [0.1, 0.15) is 47.0 Å². The third kappa shape index (κ3) is 5.37. The molecule has 0 bridgehead atoms. The lowest BCUT2D eigenvalue weighted by Crippen LogP contribution is -2.57. The number of morpholine rings is 1. The summed E-state index contributed by atoms with van der Waals surface area (Å²) in [5.41, 5.74) is 5.72. The molecule has 1 aliphatic heterocycles. The van der Waals surface area contributed by atoms with E-state index in [9.17, 15) is 4.79 Å². The van der Waals surface area contributed by atoms with Crippen LogP contribution < -0.4 is 5.73 Å². The van der Waals surface area contributed by atoms with Crippen LogP contribution in [0, 0.1) is 0 Å². The van der Waals surface area contributed by atoms with E-state index in [1.165, 1.54) is 0 Å². The first-order valence-corrected chi connectivity index (χ1v) is 7.18. The quantitative estimate of drug-likeness (QED) is 0.851. The molecule has 0 radical (unpaired) electrons. The summed E-state index contributed by atoms with van der Waals surface area (Å²) in [7, 11) is 0. The van der Waals surface area contributed by atoms with Gasteiger partial charge in [0, 0.05) is 12.6 Å². The lowest BCUT2D eigenvalue weighted by Gasteiger charge is -2.39. The Morgan fingerprint density at radius 2 is 2.21 bits per heavy atom. The Hall–Kier alpha value is -0.810. The molecule has 1 fully saturated rings. The Morgan fingerprint density at radius 3 is 2.79 bits per heavy atom. The van der Waals surface area contributed by atoms with Crippen LogP contribution in [0.15, 0.2) is 0 Å². The molecule has 0 saturated carbocycles. The molecular formula is C14H28N2O3. The fourth-order valence-corrected chi connectivity index (χ4v) is 2.16.